The maximum absolute atomic E-state index is 10.3. The molecule has 0 amide bonds. The molecular weight excluding hydrogens is 794 g/mol. The minimum atomic E-state index is -0.893. The van der Waals surface area contributed by atoms with E-state index in [0.717, 1.165) is 57.8 Å². The molecule has 14 heteroatoms. The average Bonchev–Trinajstić information content (AvgIpc) is 3.25. The number of nitrogens with zero attached hydrogens (tertiary/aromatic N) is 6. The summed E-state index contributed by atoms with van der Waals surface area (Å²) >= 11 is 0. The van der Waals surface area contributed by atoms with Crippen LogP contribution in [0.3, 0.4) is 0 Å². The van der Waals surface area contributed by atoms with Crippen molar-refractivity contribution in [2.75, 3.05) is 121 Å². The maximum Gasteiger partial charge on any atom is 3.00 e. The third-order valence-electron chi connectivity index (χ3n) is 10.4. The van der Waals surface area contributed by atoms with Crippen molar-refractivity contribution in [1.29, 1.82) is 0 Å². The van der Waals surface area contributed by atoms with Gasteiger partial charge in [-0.3, -0.25) is 0 Å². The molecule has 2 aliphatic rings. The number of carboxylic acid groups (broad SMARTS) is 3. The number of unbranched alkanes of at least 4 members (excludes halogenated alkanes) is 3. The number of hydrogen-bond donors (Lipinski definition) is 0. The Morgan fingerprint density at radius 2 is 0.518 bits per heavy atom. The van der Waals surface area contributed by atoms with Gasteiger partial charge in [0.1, 0.15) is 0 Å². The fourth-order valence-electron chi connectivity index (χ4n) is 5.54. The Hall–Kier alpha value is -0.791. The third kappa shape index (κ3) is 41.4. The number of aliphatic carboxylic acids is 3. The Balaban J connectivity index is -0.000000193. The van der Waals surface area contributed by atoms with Crippen LogP contribution in [0.2, 0.25) is 0 Å². The van der Waals surface area contributed by atoms with E-state index in [2.05, 4.69) is 92.5 Å². The molecule has 0 aliphatic carbocycles. The molecule has 0 saturated carbocycles. The first-order valence-corrected chi connectivity index (χ1v) is 21.3. The smallest absolute Gasteiger partial charge is 0.550 e. The zero-order valence-electron chi connectivity index (χ0n) is 38.1. The van der Waals surface area contributed by atoms with Crippen LogP contribution in [0.15, 0.2) is 0 Å². The largest absolute Gasteiger partial charge is 3.00 e. The molecule has 2 saturated heterocycles. The van der Waals surface area contributed by atoms with Crippen LogP contribution in [-0.2, 0) is 48.5 Å². The van der Waals surface area contributed by atoms with E-state index in [9.17, 15) is 29.7 Å². The SMILES string of the molecule is CCCCC(CC)C(=O)[O-].CCCCC(CC)C(=O)[O-].CCCCC(CC)C(=O)[O-].CN1CCN(C)CCN(C)CC1.CN1CCN(C)CCN(C)CC1.[Mn+3].[Mn+3]. The number of carbonyl (C=O) groups is 3. The van der Waals surface area contributed by atoms with E-state index in [1.807, 2.05) is 20.8 Å². The molecule has 0 radical (unpaired) electrons. The summed E-state index contributed by atoms with van der Waals surface area (Å²) in [4.78, 5) is 45.4. The van der Waals surface area contributed by atoms with Crippen molar-refractivity contribution < 1.29 is 63.8 Å². The van der Waals surface area contributed by atoms with E-state index < -0.39 is 17.9 Å². The van der Waals surface area contributed by atoms with Gasteiger partial charge in [-0.1, -0.05) is 80.1 Å². The van der Waals surface area contributed by atoms with Crippen molar-refractivity contribution in [3.8, 4) is 0 Å². The number of likely N-dealkylation sites (N-methyl/N-ethyl adjacent to an activating group) is 6. The molecule has 3 unspecified atom stereocenters. The fraction of sp³-hybridized carbons (Fsp3) is 0.929. The minimum absolute atomic E-state index is 0. The van der Waals surface area contributed by atoms with E-state index in [4.69, 9.17) is 0 Å². The number of rotatable bonds is 15. The van der Waals surface area contributed by atoms with Gasteiger partial charge in [0.2, 0.25) is 0 Å². The molecule has 2 aliphatic heterocycles. The second-order valence-electron chi connectivity index (χ2n) is 15.5. The van der Waals surface area contributed by atoms with Crippen molar-refractivity contribution >= 4 is 17.9 Å². The summed E-state index contributed by atoms with van der Waals surface area (Å²) in [6.45, 7) is 26.2. The molecule has 2 rings (SSSR count). The summed E-state index contributed by atoms with van der Waals surface area (Å²) in [5.74, 6) is -3.34. The molecular formula is C42H87Mn2N6O6+3. The van der Waals surface area contributed by atoms with Crippen LogP contribution in [0.5, 0.6) is 0 Å². The standard InChI is InChI=1S/2C9H21N3.3C8H16O2.2Mn/c2*1-10-4-6-11(2)8-9-12(3)7-5-10;3*1-3-5-6-7(4-2)8(9)10;;/h2*4-9H2,1-3H3;3*7H,3-6H2,1-2H3,(H,9,10);;/q;;;;;2*+3/p-3. The van der Waals surface area contributed by atoms with Crippen LogP contribution in [0.4, 0.5) is 0 Å². The molecule has 2 heterocycles. The van der Waals surface area contributed by atoms with Crippen LogP contribution in [0, 0.1) is 17.8 Å². The van der Waals surface area contributed by atoms with Gasteiger partial charge in [-0.2, -0.15) is 0 Å². The first-order chi connectivity index (χ1) is 25.5. The van der Waals surface area contributed by atoms with Gasteiger partial charge >= 0.3 is 34.1 Å². The Labute approximate surface area is 366 Å². The predicted octanol–water partition coefficient (Wildman–Crippen LogP) is 2.44. The Kier molecular flexibility index (Phi) is 50.3. The molecule has 332 valence electrons. The van der Waals surface area contributed by atoms with Crippen LogP contribution in [-0.4, -0.2) is 168 Å². The predicted molar refractivity (Wildman–Crippen MR) is 220 cm³/mol. The molecule has 0 bridgehead atoms. The van der Waals surface area contributed by atoms with Crippen molar-refractivity contribution in [2.45, 2.75) is 119 Å². The molecule has 0 aromatic carbocycles. The number of hydrogen-bond acceptors (Lipinski definition) is 12. The van der Waals surface area contributed by atoms with E-state index >= 15 is 0 Å². The van der Waals surface area contributed by atoms with Gasteiger partial charge in [0, 0.05) is 96.4 Å². The maximum atomic E-state index is 10.3. The van der Waals surface area contributed by atoms with Gasteiger partial charge < -0.3 is 59.1 Å². The third-order valence-corrected chi connectivity index (χ3v) is 10.4. The summed E-state index contributed by atoms with van der Waals surface area (Å²) in [6, 6.07) is 0. The van der Waals surface area contributed by atoms with E-state index in [1.54, 1.807) is 0 Å². The second-order valence-corrected chi connectivity index (χ2v) is 15.5. The molecule has 0 aromatic heterocycles. The first-order valence-electron chi connectivity index (χ1n) is 21.3. The number of carboxylic acids is 3. The van der Waals surface area contributed by atoms with Gasteiger partial charge in [0.05, 0.1) is 0 Å². The topological polar surface area (TPSA) is 140 Å². The molecule has 0 aromatic rings. The summed E-state index contributed by atoms with van der Waals surface area (Å²) < 4.78 is 0. The van der Waals surface area contributed by atoms with Crippen LogP contribution in [0.25, 0.3) is 0 Å². The molecule has 3 atom stereocenters. The average molecular weight is 882 g/mol. The van der Waals surface area contributed by atoms with E-state index in [1.165, 1.54) is 78.5 Å². The quantitative estimate of drug-likeness (QED) is 0.224. The van der Waals surface area contributed by atoms with E-state index in [-0.39, 0.29) is 51.9 Å². The van der Waals surface area contributed by atoms with Crippen molar-refractivity contribution in [2.24, 2.45) is 17.8 Å². The molecule has 0 N–H and O–H groups in total. The van der Waals surface area contributed by atoms with Crippen molar-refractivity contribution in [3.05, 3.63) is 0 Å². The fourth-order valence-corrected chi connectivity index (χ4v) is 5.54. The molecule has 12 nitrogen and oxygen atoms in total. The zero-order valence-corrected chi connectivity index (χ0v) is 40.5. The summed E-state index contributed by atoms with van der Waals surface area (Å²) in [5, 5.41) is 31.0. The molecule has 56 heavy (non-hydrogen) atoms. The van der Waals surface area contributed by atoms with Gasteiger partial charge in [-0.25, -0.2) is 0 Å². The number of carbonyl (C=O) groups excluding carboxylic acids is 3. The molecule has 2 fully saturated rings. The van der Waals surface area contributed by atoms with Crippen LogP contribution in [0.1, 0.15) is 119 Å². The Morgan fingerprint density at radius 3 is 0.607 bits per heavy atom. The van der Waals surface area contributed by atoms with Gasteiger partial charge in [-0.05, 0) is 98.6 Å². The summed E-state index contributed by atoms with van der Waals surface area (Å²) in [7, 11) is 13.2. The summed E-state index contributed by atoms with van der Waals surface area (Å²) in [5.41, 5.74) is 0. The summed E-state index contributed by atoms with van der Waals surface area (Å²) in [6.07, 6.45) is 10.6. The first kappa shape index (κ1) is 64.4. The van der Waals surface area contributed by atoms with Gasteiger partial charge in [-0.15, -0.1) is 0 Å². The minimum Gasteiger partial charge on any atom is -0.550 e. The van der Waals surface area contributed by atoms with Gasteiger partial charge in [0.15, 0.2) is 0 Å². The molecule has 0 spiro atoms. The Bertz CT molecular complexity index is 733. The monoisotopic (exact) mass is 882 g/mol. The normalized spacial score (nSPS) is 18.2. The van der Waals surface area contributed by atoms with Gasteiger partial charge in [0.25, 0.3) is 0 Å². The van der Waals surface area contributed by atoms with Crippen molar-refractivity contribution in [3.63, 3.8) is 0 Å². The van der Waals surface area contributed by atoms with Crippen LogP contribution < -0.4 is 15.3 Å². The Morgan fingerprint density at radius 1 is 0.375 bits per heavy atom. The van der Waals surface area contributed by atoms with Crippen LogP contribution >= 0.6 is 0 Å². The van der Waals surface area contributed by atoms with Crippen molar-refractivity contribution in [1.82, 2.24) is 29.4 Å². The van der Waals surface area contributed by atoms with E-state index in [0.29, 0.717) is 19.3 Å². The zero-order chi connectivity index (χ0) is 41.9. The second kappa shape index (κ2) is 43.8.